The number of hydrogen-bond donors (Lipinski definition) is 2. The van der Waals surface area contributed by atoms with E-state index in [1.807, 2.05) is 0 Å². The number of alkyl halides is 3. The summed E-state index contributed by atoms with van der Waals surface area (Å²) in [5, 5.41) is 4.44. The van der Waals surface area contributed by atoms with Crippen molar-refractivity contribution < 1.29 is 36.6 Å². The molecular weight excluding hydrogens is 324 g/mol. The van der Waals surface area contributed by atoms with Crippen LogP contribution in [0.5, 0.6) is 0 Å². The molecule has 0 aliphatic carbocycles. The zero-order chi connectivity index (χ0) is 17.5. The lowest BCUT2D eigenvalue weighted by Gasteiger charge is -2.10. The molecule has 0 spiro atoms. The van der Waals surface area contributed by atoms with E-state index in [-0.39, 0.29) is 17.8 Å². The molecule has 0 fully saturated rings. The van der Waals surface area contributed by atoms with E-state index in [2.05, 4.69) is 20.1 Å². The van der Waals surface area contributed by atoms with Gasteiger partial charge in [0.15, 0.2) is 0 Å². The molecule has 23 heavy (non-hydrogen) atoms. The third-order valence-electron chi connectivity index (χ3n) is 2.41. The molecule has 0 aliphatic rings. The highest BCUT2D eigenvalue weighted by molar-refractivity contribution is 5.92. The summed E-state index contributed by atoms with van der Waals surface area (Å²) in [6.07, 6.45) is -5.66. The zero-order valence-corrected chi connectivity index (χ0v) is 12.0. The van der Waals surface area contributed by atoms with E-state index in [1.54, 1.807) is 0 Å². The fourth-order valence-electron chi connectivity index (χ4n) is 1.44. The SMILES string of the molecule is COC(=O)Nc1cc(NC(=O)CCOCC(F)(F)F)ccc1F. The highest BCUT2D eigenvalue weighted by Crippen LogP contribution is 2.20. The van der Waals surface area contributed by atoms with E-state index in [0.29, 0.717) is 0 Å². The normalized spacial score (nSPS) is 11.0. The Balaban J connectivity index is 2.51. The zero-order valence-electron chi connectivity index (χ0n) is 12.0. The molecule has 0 bridgehead atoms. The van der Waals surface area contributed by atoms with Crippen LogP contribution in [0.4, 0.5) is 33.7 Å². The van der Waals surface area contributed by atoms with E-state index in [0.717, 1.165) is 19.2 Å². The quantitative estimate of drug-likeness (QED) is 0.618. The fourth-order valence-corrected chi connectivity index (χ4v) is 1.44. The summed E-state index contributed by atoms with van der Waals surface area (Å²) in [5.41, 5.74) is -0.0680. The van der Waals surface area contributed by atoms with Crippen molar-refractivity contribution in [2.75, 3.05) is 31.0 Å². The molecule has 2 amide bonds. The number of nitrogens with one attached hydrogen (secondary N) is 2. The Morgan fingerprint density at radius 3 is 2.52 bits per heavy atom. The van der Waals surface area contributed by atoms with Crippen molar-refractivity contribution in [3.63, 3.8) is 0 Å². The van der Waals surface area contributed by atoms with Gasteiger partial charge in [-0.3, -0.25) is 10.1 Å². The molecule has 1 aromatic carbocycles. The Morgan fingerprint density at radius 1 is 1.22 bits per heavy atom. The lowest BCUT2D eigenvalue weighted by Crippen LogP contribution is -2.20. The first-order valence-corrected chi connectivity index (χ1v) is 6.30. The second-order valence-electron chi connectivity index (χ2n) is 4.28. The Kier molecular flexibility index (Phi) is 6.76. The van der Waals surface area contributed by atoms with Crippen molar-refractivity contribution in [2.45, 2.75) is 12.6 Å². The molecule has 0 atom stereocenters. The van der Waals surface area contributed by atoms with E-state index in [1.165, 1.54) is 6.07 Å². The molecular formula is C13H14F4N2O4. The summed E-state index contributed by atoms with van der Waals surface area (Å²) in [4.78, 5) is 22.6. The minimum Gasteiger partial charge on any atom is -0.453 e. The van der Waals surface area contributed by atoms with E-state index < -0.39 is 37.2 Å². The average molecular weight is 338 g/mol. The van der Waals surface area contributed by atoms with Gasteiger partial charge >= 0.3 is 12.3 Å². The van der Waals surface area contributed by atoms with Crippen molar-refractivity contribution in [1.82, 2.24) is 0 Å². The Hall–Kier alpha value is -2.36. The number of benzene rings is 1. The first-order valence-electron chi connectivity index (χ1n) is 6.30. The molecule has 6 nitrogen and oxygen atoms in total. The van der Waals surface area contributed by atoms with Gasteiger partial charge in [0.25, 0.3) is 0 Å². The minimum absolute atomic E-state index is 0.152. The van der Waals surface area contributed by atoms with Crippen LogP contribution in [0.2, 0.25) is 0 Å². The molecule has 1 rings (SSSR count). The van der Waals surface area contributed by atoms with Crippen molar-refractivity contribution in [3.8, 4) is 0 Å². The van der Waals surface area contributed by atoms with Gasteiger partial charge in [-0.15, -0.1) is 0 Å². The summed E-state index contributed by atoms with van der Waals surface area (Å²) in [6, 6.07) is 3.37. The van der Waals surface area contributed by atoms with Gasteiger partial charge in [0.05, 0.1) is 25.8 Å². The van der Waals surface area contributed by atoms with Gasteiger partial charge in [0, 0.05) is 5.69 Å². The van der Waals surface area contributed by atoms with E-state index >= 15 is 0 Å². The molecule has 0 heterocycles. The monoisotopic (exact) mass is 338 g/mol. The molecule has 2 N–H and O–H groups in total. The van der Waals surface area contributed by atoms with Crippen LogP contribution in [0.1, 0.15) is 6.42 Å². The van der Waals surface area contributed by atoms with Crippen LogP contribution in [-0.2, 0) is 14.3 Å². The van der Waals surface area contributed by atoms with E-state index in [4.69, 9.17) is 0 Å². The lowest BCUT2D eigenvalue weighted by atomic mass is 10.2. The maximum atomic E-state index is 13.5. The third-order valence-corrected chi connectivity index (χ3v) is 2.41. The second kappa shape index (κ2) is 8.32. The maximum absolute atomic E-state index is 13.5. The molecule has 0 aliphatic heterocycles. The minimum atomic E-state index is -4.46. The molecule has 1 aromatic rings. The number of ether oxygens (including phenoxy) is 2. The van der Waals surface area contributed by atoms with Gasteiger partial charge in [-0.25, -0.2) is 9.18 Å². The van der Waals surface area contributed by atoms with Gasteiger partial charge in [0.2, 0.25) is 5.91 Å². The number of carbonyl (C=O) groups excluding carboxylic acids is 2. The topological polar surface area (TPSA) is 76.7 Å². The smallest absolute Gasteiger partial charge is 0.411 e. The maximum Gasteiger partial charge on any atom is 0.411 e. The number of anilines is 2. The standard InChI is InChI=1S/C13H14F4N2O4/c1-22-12(21)19-10-6-8(2-3-9(10)14)18-11(20)4-5-23-7-13(15,16)17/h2-3,6H,4-5,7H2,1H3,(H,18,20)(H,19,21). The van der Waals surface area contributed by atoms with Crippen LogP contribution in [-0.4, -0.2) is 38.5 Å². The van der Waals surface area contributed by atoms with Crippen LogP contribution in [0.15, 0.2) is 18.2 Å². The highest BCUT2D eigenvalue weighted by Gasteiger charge is 2.27. The van der Waals surface area contributed by atoms with Crippen LogP contribution in [0, 0.1) is 5.82 Å². The second-order valence-corrected chi connectivity index (χ2v) is 4.28. The van der Waals surface area contributed by atoms with Crippen molar-refractivity contribution in [3.05, 3.63) is 24.0 Å². The Morgan fingerprint density at radius 2 is 1.91 bits per heavy atom. The number of methoxy groups -OCH3 is 1. The highest BCUT2D eigenvalue weighted by atomic mass is 19.4. The predicted molar refractivity (Wildman–Crippen MR) is 72.5 cm³/mol. The molecule has 0 unspecified atom stereocenters. The molecule has 0 radical (unpaired) electrons. The summed E-state index contributed by atoms with van der Waals surface area (Å²) in [7, 11) is 1.10. The first-order chi connectivity index (χ1) is 10.7. The van der Waals surface area contributed by atoms with Gasteiger partial charge in [0.1, 0.15) is 12.4 Å². The summed E-state index contributed by atoms with van der Waals surface area (Å²) >= 11 is 0. The lowest BCUT2D eigenvalue weighted by molar-refractivity contribution is -0.174. The van der Waals surface area contributed by atoms with E-state index in [9.17, 15) is 27.2 Å². The summed E-state index contributed by atoms with van der Waals surface area (Å²) < 4.78 is 57.6. The fraction of sp³-hybridized carbons (Fsp3) is 0.385. The van der Waals surface area contributed by atoms with Crippen molar-refractivity contribution in [2.24, 2.45) is 0 Å². The predicted octanol–water partition coefficient (Wildman–Crippen LogP) is 2.91. The number of rotatable bonds is 6. The number of halogens is 4. The Labute approximate surface area is 128 Å². The van der Waals surface area contributed by atoms with Crippen molar-refractivity contribution >= 4 is 23.4 Å². The number of amides is 2. The van der Waals surface area contributed by atoms with Gasteiger partial charge in [-0.2, -0.15) is 13.2 Å². The molecule has 128 valence electrons. The molecule has 0 saturated heterocycles. The molecule has 0 saturated carbocycles. The van der Waals surface area contributed by atoms with Crippen molar-refractivity contribution in [1.29, 1.82) is 0 Å². The van der Waals surface area contributed by atoms with Crippen LogP contribution in [0.3, 0.4) is 0 Å². The van der Waals surface area contributed by atoms with Gasteiger partial charge in [-0.1, -0.05) is 0 Å². The number of hydrogen-bond acceptors (Lipinski definition) is 4. The van der Waals surface area contributed by atoms with Crippen LogP contribution >= 0.6 is 0 Å². The summed E-state index contributed by atoms with van der Waals surface area (Å²) in [5.74, 6) is -1.37. The first kappa shape index (κ1) is 18.7. The van der Waals surface area contributed by atoms with Crippen LogP contribution in [0.25, 0.3) is 0 Å². The summed E-state index contributed by atoms with van der Waals surface area (Å²) in [6.45, 7) is -1.86. The van der Waals surface area contributed by atoms with Crippen LogP contribution < -0.4 is 10.6 Å². The molecule has 0 aromatic heterocycles. The Bertz CT molecular complexity index is 563. The number of carbonyl (C=O) groups is 2. The largest absolute Gasteiger partial charge is 0.453 e. The molecule has 10 heteroatoms. The third kappa shape index (κ3) is 7.45. The van der Waals surface area contributed by atoms with Gasteiger partial charge < -0.3 is 14.8 Å². The van der Waals surface area contributed by atoms with Gasteiger partial charge in [-0.05, 0) is 18.2 Å². The average Bonchev–Trinajstić information content (AvgIpc) is 2.46.